The summed E-state index contributed by atoms with van der Waals surface area (Å²) in [5.41, 5.74) is 0. The molecule has 2 atom stereocenters. The Labute approximate surface area is 72.7 Å². The van der Waals surface area contributed by atoms with Crippen molar-refractivity contribution < 1.29 is 9.90 Å². The summed E-state index contributed by atoms with van der Waals surface area (Å²) in [6, 6.07) is 0.235. The van der Waals surface area contributed by atoms with Gasteiger partial charge < -0.3 is 10.0 Å². The molecule has 0 aliphatic carbocycles. The second kappa shape index (κ2) is 3.72. The van der Waals surface area contributed by atoms with Crippen molar-refractivity contribution in [2.75, 3.05) is 6.54 Å². The van der Waals surface area contributed by atoms with Gasteiger partial charge in [-0.3, -0.25) is 4.79 Å². The van der Waals surface area contributed by atoms with E-state index in [9.17, 15) is 9.90 Å². The Morgan fingerprint density at radius 1 is 1.67 bits per heavy atom. The fraction of sp³-hybridized carbons (Fsp3) is 0.667. The maximum absolute atomic E-state index is 11.2. The Morgan fingerprint density at radius 3 is 2.92 bits per heavy atom. The van der Waals surface area contributed by atoms with Crippen LogP contribution in [0.2, 0.25) is 0 Å². The minimum absolute atomic E-state index is 0.0822. The Morgan fingerprint density at radius 2 is 2.33 bits per heavy atom. The third kappa shape index (κ3) is 1.85. The molecule has 3 heteroatoms. The van der Waals surface area contributed by atoms with Gasteiger partial charge in [0.05, 0.1) is 6.10 Å². The lowest BCUT2D eigenvalue weighted by Crippen LogP contribution is -2.46. The normalized spacial score (nSPS) is 30.0. The Hall–Kier alpha value is -0.830. The van der Waals surface area contributed by atoms with E-state index in [1.807, 2.05) is 6.92 Å². The van der Waals surface area contributed by atoms with E-state index in [-0.39, 0.29) is 18.1 Å². The molecule has 1 aliphatic heterocycles. The lowest BCUT2D eigenvalue weighted by atomic mass is 10.0. The molecule has 0 bridgehead atoms. The van der Waals surface area contributed by atoms with Crippen LogP contribution in [0.15, 0.2) is 12.7 Å². The first kappa shape index (κ1) is 9.26. The van der Waals surface area contributed by atoms with E-state index in [1.54, 1.807) is 4.90 Å². The quantitative estimate of drug-likeness (QED) is 0.582. The minimum Gasteiger partial charge on any atom is -0.391 e. The molecular weight excluding hydrogens is 154 g/mol. The fourth-order valence-corrected chi connectivity index (χ4v) is 1.51. The van der Waals surface area contributed by atoms with Crippen molar-refractivity contribution in [2.45, 2.75) is 31.9 Å². The molecular formula is C9H15NO2. The van der Waals surface area contributed by atoms with Gasteiger partial charge >= 0.3 is 0 Å². The SMILES string of the molecule is C=CC(=O)N1C[C@H](O)CC[C@H]1C. The average molecular weight is 169 g/mol. The van der Waals surface area contributed by atoms with Gasteiger partial charge in [0.2, 0.25) is 5.91 Å². The number of carbonyl (C=O) groups is 1. The van der Waals surface area contributed by atoms with Crippen LogP contribution < -0.4 is 0 Å². The molecule has 1 rings (SSSR count). The predicted molar refractivity (Wildman–Crippen MR) is 46.6 cm³/mol. The molecule has 1 saturated heterocycles. The number of nitrogens with zero attached hydrogens (tertiary/aromatic N) is 1. The summed E-state index contributed by atoms with van der Waals surface area (Å²) in [5.74, 6) is -0.0822. The van der Waals surface area contributed by atoms with Gasteiger partial charge in [-0.15, -0.1) is 0 Å². The molecule has 0 saturated carbocycles. The molecule has 0 aromatic rings. The molecule has 0 unspecified atom stereocenters. The third-order valence-corrected chi connectivity index (χ3v) is 2.31. The van der Waals surface area contributed by atoms with Crippen molar-refractivity contribution in [1.29, 1.82) is 0 Å². The van der Waals surface area contributed by atoms with Gasteiger partial charge in [0, 0.05) is 12.6 Å². The van der Waals surface area contributed by atoms with Gasteiger partial charge in [-0.1, -0.05) is 6.58 Å². The Bertz CT molecular complexity index is 191. The zero-order valence-corrected chi connectivity index (χ0v) is 7.36. The van der Waals surface area contributed by atoms with Gasteiger partial charge in [-0.25, -0.2) is 0 Å². The van der Waals surface area contributed by atoms with E-state index in [2.05, 4.69) is 6.58 Å². The van der Waals surface area contributed by atoms with Crippen LogP contribution in [0.5, 0.6) is 0 Å². The van der Waals surface area contributed by atoms with Crippen LogP contribution in [-0.2, 0) is 4.79 Å². The first-order valence-electron chi connectivity index (χ1n) is 4.26. The fourth-order valence-electron chi connectivity index (χ4n) is 1.51. The first-order chi connectivity index (χ1) is 5.65. The van der Waals surface area contributed by atoms with E-state index < -0.39 is 0 Å². The van der Waals surface area contributed by atoms with E-state index in [0.29, 0.717) is 6.54 Å². The molecule has 1 amide bonds. The molecule has 0 aromatic carbocycles. The molecule has 1 fully saturated rings. The summed E-state index contributed by atoms with van der Waals surface area (Å²) < 4.78 is 0. The van der Waals surface area contributed by atoms with E-state index in [4.69, 9.17) is 0 Å². The lowest BCUT2D eigenvalue weighted by molar-refractivity contribution is -0.131. The zero-order valence-electron chi connectivity index (χ0n) is 7.36. The zero-order chi connectivity index (χ0) is 9.14. The standard InChI is InChI=1S/C9H15NO2/c1-3-9(12)10-6-8(11)5-4-7(10)2/h3,7-8,11H,1,4-6H2,2H3/t7-,8-/m1/s1. The number of aliphatic hydroxyl groups is 1. The molecule has 0 aromatic heterocycles. The van der Waals surface area contributed by atoms with Crippen LogP contribution in [0.25, 0.3) is 0 Å². The highest BCUT2D eigenvalue weighted by Crippen LogP contribution is 2.16. The molecule has 0 spiro atoms. The molecule has 3 nitrogen and oxygen atoms in total. The number of likely N-dealkylation sites (tertiary alicyclic amines) is 1. The van der Waals surface area contributed by atoms with Crippen LogP contribution in [0.1, 0.15) is 19.8 Å². The van der Waals surface area contributed by atoms with Gasteiger partial charge in [-0.2, -0.15) is 0 Å². The van der Waals surface area contributed by atoms with E-state index in [0.717, 1.165) is 12.8 Å². The summed E-state index contributed by atoms with van der Waals surface area (Å²) in [4.78, 5) is 12.9. The van der Waals surface area contributed by atoms with Crippen molar-refractivity contribution in [3.8, 4) is 0 Å². The van der Waals surface area contributed by atoms with Crippen molar-refractivity contribution >= 4 is 5.91 Å². The number of amides is 1. The number of hydrogen-bond donors (Lipinski definition) is 1. The first-order valence-corrected chi connectivity index (χ1v) is 4.26. The summed E-state index contributed by atoms with van der Waals surface area (Å²) in [7, 11) is 0. The highest BCUT2D eigenvalue weighted by atomic mass is 16.3. The maximum Gasteiger partial charge on any atom is 0.246 e. The molecule has 1 N–H and O–H groups in total. The maximum atomic E-state index is 11.2. The summed E-state index contributed by atoms with van der Waals surface area (Å²) >= 11 is 0. The molecule has 0 radical (unpaired) electrons. The smallest absolute Gasteiger partial charge is 0.246 e. The van der Waals surface area contributed by atoms with Crippen molar-refractivity contribution in [3.05, 3.63) is 12.7 Å². The van der Waals surface area contributed by atoms with Crippen molar-refractivity contribution in [3.63, 3.8) is 0 Å². The lowest BCUT2D eigenvalue weighted by Gasteiger charge is -2.35. The summed E-state index contributed by atoms with van der Waals surface area (Å²) in [6.07, 6.45) is 2.61. The highest BCUT2D eigenvalue weighted by Gasteiger charge is 2.25. The molecule has 12 heavy (non-hydrogen) atoms. The van der Waals surface area contributed by atoms with Gasteiger partial charge in [0.25, 0.3) is 0 Å². The van der Waals surface area contributed by atoms with Gasteiger partial charge in [0.15, 0.2) is 0 Å². The summed E-state index contributed by atoms with van der Waals surface area (Å²) in [6.45, 7) is 5.87. The number of aliphatic hydroxyl groups excluding tert-OH is 1. The largest absolute Gasteiger partial charge is 0.391 e. The van der Waals surface area contributed by atoms with Crippen LogP contribution in [0, 0.1) is 0 Å². The minimum atomic E-state index is -0.356. The molecule has 1 aliphatic rings. The second-order valence-corrected chi connectivity index (χ2v) is 3.27. The van der Waals surface area contributed by atoms with Gasteiger partial charge in [-0.05, 0) is 25.8 Å². The number of rotatable bonds is 1. The topological polar surface area (TPSA) is 40.5 Å². The number of hydrogen-bond acceptors (Lipinski definition) is 2. The second-order valence-electron chi connectivity index (χ2n) is 3.27. The third-order valence-electron chi connectivity index (χ3n) is 2.31. The predicted octanol–water partition coefficient (Wildman–Crippen LogP) is 0.544. The van der Waals surface area contributed by atoms with Crippen LogP contribution >= 0.6 is 0 Å². The average Bonchev–Trinajstić information content (AvgIpc) is 2.08. The summed E-state index contributed by atoms with van der Waals surface area (Å²) in [5, 5.41) is 9.31. The molecule has 1 heterocycles. The van der Waals surface area contributed by atoms with Crippen LogP contribution in [0.4, 0.5) is 0 Å². The molecule has 68 valence electrons. The number of β-amino-alcohol motifs (C(OH)–C–C–N with tert-alkyl or cyclic N) is 1. The number of carbonyl (C=O) groups excluding carboxylic acids is 1. The Balaban J connectivity index is 2.60. The van der Waals surface area contributed by atoms with Gasteiger partial charge in [0.1, 0.15) is 0 Å². The monoisotopic (exact) mass is 169 g/mol. The highest BCUT2D eigenvalue weighted by molar-refractivity contribution is 5.87. The Kier molecular flexibility index (Phi) is 2.87. The van der Waals surface area contributed by atoms with Crippen LogP contribution in [-0.4, -0.2) is 34.6 Å². The van der Waals surface area contributed by atoms with Crippen LogP contribution in [0.3, 0.4) is 0 Å². The van der Waals surface area contributed by atoms with E-state index >= 15 is 0 Å². The number of piperidine rings is 1. The van der Waals surface area contributed by atoms with Crippen molar-refractivity contribution in [2.24, 2.45) is 0 Å². The van der Waals surface area contributed by atoms with Crippen molar-refractivity contribution in [1.82, 2.24) is 4.90 Å². The van der Waals surface area contributed by atoms with E-state index in [1.165, 1.54) is 6.08 Å².